The highest BCUT2D eigenvalue weighted by molar-refractivity contribution is 7.98. The molecule has 1 aliphatic rings. The van der Waals surface area contributed by atoms with Crippen LogP contribution in [0.2, 0.25) is 0 Å². The molecule has 0 aromatic carbocycles. The largest absolute Gasteiger partial charge is 0.342 e. The first-order valence-corrected chi connectivity index (χ1v) is 9.46. The van der Waals surface area contributed by atoms with Gasteiger partial charge in [-0.05, 0) is 32.3 Å². The minimum atomic E-state index is -0.392. The monoisotopic (exact) mass is 366 g/mol. The van der Waals surface area contributed by atoms with Crippen LogP contribution in [-0.2, 0) is 9.59 Å². The normalized spacial score (nSPS) is 16.6. The van der Waals surface area contributed by atoms with Gasteiger partial charge in [-0.3, -0.25) is 14.5 Å². The Bertz CT molecular complexity index is 361. The van der Waals surface area contributed by atoms with Gasteiger partial charge in [0.05, 0.1) is 12.6 Å². The van der Waals surface area contributed by atoms with Crippen molar-refractivity contribution in [3.05, 3.63) is 0 Å². The molecule has 136 valence electrons. The molecule has 2 amide bonds. The Kier molecular flexibility index (Phi) is 11.7. The van der Waals surface area contributed by atoms with Crippen molar-refractivity contribution in [1.29, 1.82) is 0 Å². The van der Waals surface area contributed by atoms with Crippen molar-refractivity contribution >= 4 is 36.0 Å². The van der Waals surface area contributed by atoms with E-state index in [1.807, 2.05) is 29.9 Å². The molecule has 0 saturated carbocycles. The Labute approximate surface area is 150 Å². The van der Waals surface area contributed by atoms with Gasteiger partial charge in [0.15, 0.2) is 0 Å². The van der Waals surface area contributed by atoms with Gasteiger partial charge < -0.3 is 15.5 Å². The lowest BCUT2D eigenvalue weighted by molar-refractivity contribution is -0.135. The van der Waals surface area contributed by atoms with E-state index < -0.39 is 6.04 Å². The summed E-state index contributed by atoms with van der Waals surface area (Å²) in [6.45, 7) is 8.75. The molecule has 0 aliphatic carbocycles. The summed E-state index contributed by atoms with van der Waals surface area (Å²) in [4.78, 5) is 30.1. The smallest absolute Gasteiger partial charge is 0.239 e. The molecule has 8 heteroatoms. The average molecular weight is 367 g/mol. The first-order chi connectivity index (χ1) is 10.5. The fraction of sp³-hybridized carbons (Fsp3) is 0.867. The Morgan fingerprint density at radius 1 is 1.17 bits per heavy atom. The van der Waals surface area contributed by atoms with E-state index in [2.05, 4.69) is 4.90 Å². The lowest BCUT2D eigenvalue weighted by atomic mass is 10.2. The third kappa shape index (κ3) is 7.28. The minimum Gasteiger partial charge on any atom is -0.342 e. The van der Waals surface area contributed by atoms with Crippen LogP contribution in [0.1, 0.15) is 20.3 Å². The molecular formula is C15H31ClN4O2S. The van der Waals surface area contributed by atoms with Gasteiger partial charge in [-0.25, -0.2) is 0 Å². The van der Waals surface area contributed by atoms with Crippen molar-refractivity contribution < 1.29 is 9.59 Å². The highest BCUT2D eigenvalue weighted by Crippen LogP contribution is 2.07. The molecule has 0 unspecified atom stereocenters. The van der Waals surface area contributed by atoms with Gasteiger partial charge in [0.2, 0.25) is 11.8 Å². The van der Waals surface area contributed by atoms with Crippen molar-refractivity contribution in [3.63, 3.8) is 0 Å². The van der Waals surface area contributed by atoms with Crippen molar-refractivity contribution in [2.45, 2.75) is 26.3 Å². The lowest BCUT2D eigenvalue weighted by Crippen LogP contribution is -2.54. The lowest BCUT2D eigenvalue weighted by Gasteiger charge is -2.36. The van der Waals surface area contributed by atoms with E-state index in [0.717, 1.165) is 38.4 Å². The van der Waals surface area contributed by atoms with E-state index in [-0.39, 0.29) is 24.2 Å². The Balaban J connectivity index is 0.00000484. The molecule has 1 heterocycles. The number of carbonyl (C=O) groups is 2. The van der Waals surface area contributed by atoms with E-state index in [1.165, 1.54) is 0 Å². The summed E-state index contributed by atoms with van der Waals surface area (Å²) in [6, 6.07) is -0.392. The second kappa shape index (κ2) is 11.9. The standard InChI is InChI=1S/C15H30N4O2S.ClH/c1-4-18(5-2)14(20)12-17-7-9-19(10-8-17)15(21)13(16)6-11-22-3;/h13H,4-12,16H2,1-3H3;1H/t13-;/m0./s1. The number of thioether (sulfide) groups is 1. The average Bonchev–Trinajstić information content (AvgIpc) is 2.53. The number of halogens is 1. The topological polar surface area (TPSA) is 69.9 Å². The first-order valence-electron chi connectivity index (χ1n) is 8.06. The summed E-state index contributed by atoms with van der Waals surface area (Å²) in [6.07, 6.45) is 2.74. The van der Waals surface area contributed by atoms with E-state index in [4.69, 9.17) is 5.73 Å². The van der Waals surface area contributed by atoms with Crippen LogP contribution in [0.4, 0.5) is 0 Å². The number of hydrogen-bond acceptors (Lipinski definition) is 5. The van der Waals surface area contributed by atoms with Gasteiger partial charge in [-0.2, -0.15) is 11.8 Å². The van der Waals surface area contributed by atoms with Crippen molar-refractivity contribution in [1.82, 2.24) is 14.7 Å². The summed E-state index contributed by atoms with van der Waals surface area (Å²) in [7, 11) is 0. The van der Waals surface area contributed by atoms with Gasteiger partial charge >= 0.3 is 0 Å². The molecule has 0 spiro atoms. The van der Waals surface area contributed by atoms with Crippen LogP contribution < -0.4 is 5.73 Å². The van der Waals surface area contributed by atoms with E-state index in [9.17, 15) is 9.59 Å². The first kappa shape index (κ1) is 22.5. The molecule has 1 saturated heterocycles. The number of hydrogen-bond donors (Lipinski definition) is 1. The summed E-state index contributed by atoms with van der Waals surface area (Å²) < 4.78 is 0. The van der Waals surface area contributed by atoms with Crippen LogP contribution in [0.3, 0.4) is 0 Å². The number of nitrogens with two attached hydrogens (primary N) is 1. The molecule has 1 fully saturated rings. The van der Waals surface area contributed by atoms with Crippen LogP contribution in [0.15, 0.2) is 0 Å². The predicted octanol–water partition coefficient (Wildman–Crippen LogP) is 0.501. The fourth-order valence-corrected chi connectivity index (χ4v) is 3.09. The minimum absolute atomic E-state index is 0. The fourth-order valence-electron chi connectivity index (χ4n) is 2.60. The Hall–Kier alpha value is -0.500. The maximum Gasteiger partial charge on any atom is 0.239 e. The quantitative estimate of drug-likeness (QED) is 0.677. The third-order valence-electron chi connectivity index (χ3n) is 4.11. The number of rotatable bonds is 8. The van der Waals surface area contributed by atoms with E-state index in [1.54, 1.807) is 11.8 Å². The number of piperazine rings is 1. The summed E-state index contributed by atoms with van der Waals surface area (Å²) in [5.41, 5.74) is 5.95. The zero-order valence-electron chi connectivity index (χ0n) is 14.5. The number of nitrogens with zero attached hydrogens (tertiary/aromatic N) is 3. The second-order valence-electron chi connectivity index (χ2n) is 5.56. The van der Waals surface area contributed by atoms with Gasteiger partial charge in [0.1, 0.15) is 0 Å². The zero-order valence-corrected chi connectivity index (χ0v) is 16.1. The van der Waals surface area contributed by atoms with Crippen molar-refractivity contribution in [2.24, 2.45) is 5.73 Å². The number of carbonyl (C=O) groups excluding carboxylic acids is 2. The Morgan fingerprint density at radius 2 is 1.74 bits per heavy atom. The number of amides is 2. The molecular weight excluding hydrogens is 336 g/mol. The van der Waals surface area contributed by atoms with Crippen LogP contribution in [-0.4, -0.2) is 90.4 Å². The van der Waals surface area contributed by atoms with Crippen molar-refractivity contribution in [3.8, 4) is 0 Å². The summed E-state index contributed by atoms with van der Waals surface area (Å²) in [5.74, 6) is 1.12. The molecule has 0 aromatic heterocycles. The molecule has 1 aliphatic heterocycles. The Morgan fingerprint density at radius 3 is 2.22 bits per heavy atom. The SMILES string of the molecule is CCN(CC)C(=O)CN1CCN(C(=O)[C@@H](N)CCSC)CC1.Cl. The van der Waals surface area contributed by atoms with Crippen LogP contribution in [0.25, 0.3) is 0 Å². The molecule has 6 nitrogen and oxygen atoms in total. The molecule has 23 heavy (non-hydrogen) atoms. The number of likely N-dealkylation sites (N-methyl/N-ethyl adjacent to an activating group) is 1. The maximum atomic E-state index is 12.2. The second-order valence-corrected chi connectivity index (χ2v) is 6.54. The molecule has 2 N–H and O–H groups in total. The van der Waals surface area contributed by atoms with Crippen LogP contribution in [0.5, 0.6) is 0 Å². The highest BCUT2D eigenvalue weighted by Gasteiger charge is 2.26. The molecule has 0 radical (unpaired) electrons. The summed E-state index contributed by atoms with van der Waals surface area (Å²) in [5, 5.41) is 0. The maximum absolute atomic E-state index is 12.2. The van der Waals surface area contributed by atoms with Gasteiger partial charge in [0.25, 0.3) is 0 Å². The highest BCUT2D eigenvalue weighted by atomic mass is 35.5. The van der Waals surface area contributed by atoms with Crippen LogP contribution in [0, 0.1) is 0 Å². The van der Waals surface area contributed by atoms with Gasteiger partial charge in [0, 0.05) is 39.3 Å². The van der Waals surface area contributed by atoms with Gasteiger partial charge in [-0.15, -0.1) is 12.4 Å². The summed E-state index contributed by atoms with van der Waals surface area (Å²) >= 11 is 1.71. The predicted molar refractivity (Wildman–Crippen MR) is 99.2 cm³/mol. The molecule has 0 aromatic rings. The molecule has 1 atom stereocenters. The van der Waals surface area contributed by atoms with E-state index in [0.29, 0.717) is 19.6 Å². The zero-order chi connectivity index (χ0) is 16.5. The van der Waals surface area contributed by atoms with E-state index >= 15 is 0 Å². The molecule has 0 bridgehead atoms. The molecule has 1 rings (SSSR count). The third-order valence-corrected chi connectivity index (χ3v) is 4.75. The van der Waals surface area contributed by atoms with Crippen molar-refractivity contribution in [2.75, 3.05) is 57.8 Å². The van der Waals surface area contributed by atoms with Crippen LogP contribution >= 0.6 is 24.2 Å². The van der Waals surface area contributed by atoms with Gasteiger partial charge in [-0.1, -0.05) is 0 Å².